The van der Waals surface area contributed by atoms with E-state index in [2.05, 4.69) is 17.3 Å². The molecule has 0 saturated heterocycles. The predicted octanol–water partition coefficient (Wildman–Crippen LogP) is 2.83. The second kappa shape index (κ2) is 9.32. The molecule has 7 heteroatoms. The molecule has 0 aliphatic heterocycles. The van der Waals surface area contributed by atoms with Crippen molar-refractivity contribution in [3.63, 3.8) is 0 Å². The standard InChI is InChI=1S/C20H24N4O2S/c1-2-3-11-21-19(25)16-27(26)15-17-14-22-24(18-9-5-4-6-10-18)20(17)23-12-7-8-13-23/h4-10,12-14H,2-3,11,15-16H2,1H3,(H,21,25). The number of aromatic nitrogens is 3. The minimum Gasteiger partial charge on any atom is -0.355 e. The number of amides is 1. The van der Waals surface area contributed by atoms with Crippen molar-refractivity contribution in [1.29, 1.82) is 0 Å². The van der Waals surface area contributed by atoms with E-state index in [4.69, 9.17) is 0 Å². The van der Waals surface area contributed by atoms with Crippen LogP contribution in [0.1, 0.15) is 25.3 Å². The van der Waals surface area contributed by atoms with Crippen molar-refractivity contribution >= 4 is 16.7 Å². The molecule has 1 aromatic carbocycles. The monoisotopic (exact) mass is 384 g/mol. The topological polar surface area (TPSA) is 68.9 Å². The Balaban J connectivity index is 1.79. The van der Waals surface area contributed by atoms with Gasteiger partial charge in [0.05, 0.1) is 17.6 Å². The summed E-state index contributed by atoms with van der Waals surface area (Å²) in [5.74, 6) is 0.957. The normalized spacial score (nSPS) is 12.0. The molecule has 1 unspecified atom stereocenters. The minimum absolute atomic E-state index is 0.00531. The number of carbonyl (C=O) groups excluding carboxylic acids is 1. The smallest absolute Gasteiger partial charge is 0.232 e. The van der Waals surface area contributed by atoms with Crippen LogP contribution in [0.15, 0.2) is 61.1 Å². The van der Waals surface area contributed by atoms with E-state index < -0.39 is 10.8 Å². The number of para-hydroxylation sites is 1. The molecule has 2 aromatic heterocycles. The SMILES string of the molecule is CCCCNC(=O)CS(=O)Cc1cnn(-c2ccccc2)c1-n1cccc1. The molecule has 0 aliphatic carbocycles. The molecule has 6 nitrogen and oxygen atoms in total. The van der Waals surface area contributed by atoms with Crippen molar-refractivity contribution in [3.8, 4) is 11.5 Å². The van der Waals surface area contributed by atoms with Gasteiger partial charge in [-0.1, -0.05) is 31.5 Å². The van der Waals surface area contributed by atoms with Gasteiger partial charge in [0.25, 0.3) is 0 Å². The van der Waals surface area contributed by atoms with E-state index in [1.54, 1.807) is 6.20 Å². The van der Waals surface area contributed by atoms with Crippen LogP contribution >= 0.6 is 0 Å². The molecule has 0 radical (unpaired) electrons. The number of rotatable bonds is 9. The van der Waals surface area contributed by atoms with E-state index in [1.165, 1.54) is 0 Å². The summed E-state index contributed by atoms with van der Waals surface area (Å²) in [5, 5.41) is 7.31. The van der Waals surface area contributed by atoms with E-state index in [9.17, 15) is 9.00 Å². The van der Waals surface area contributed by atoms with E-state index >= 15 is 0 Å². The van der Waals surface area contributed by atoms with Gasteiger partial charge >= 0.3 is 0 Å². The van der Waals surface area contributed by atoms with Gasteiger partial charge < -0.3 is 9.88 Å². The molecule has 0 saturated carbocycles. The first-order valence-electron chi connectivity index (χ1n) is 9.06. The van der Waals surface area contributed by atoms with Crippen LogP contribution in [0.2, 0.25) is 0 Å². The lowest BCUT2D eigenvalue weighted by Crippen LogP contribution is -2.29. The summed E-state index contributed by atoms with van der Waals surface area (Å²) >= 11 is 0. The van der Waals surface area contributed by atoms with E-state index in [-0.39, 0.29) is 17.4 Å². The first-order valence-corrected chi connectivity index (χ1v) is 10.5. The summed E-state index contributed by atoms with van der Waals surface area (Å²) in [5.41, 5.74) is 1.77. The molecule has 0 spiro atoms. The average molecular weight is 385 g/mol. The maximum Gasteiger partial charge on any atom is 0.232 e. The zero-order valence-corrected chi connectivity index (χ0v) is 16.2. The summed E-state index contributed by atoms with van der Waals surface area (Å²) in [6.07, 6.45) is 7.54. The first kappa shape index (κ1) is 19.1. The van der Waals surface area contributed by atoms with Crippen LogP contribution in [0, 0.1) is 0 Å². The van der Waals surface area contributed by atoms with Gasteiger partial charge in [-0.25, -0.2) is 4.68 Å². The van der Waals surface area contributed by atoms with Gasteiger partial charge in [-0.05, 0) is 30.7 Å². The molecule has 3 rings (SSSR count). The van der Waals surface area contributed by atoms with Crippen LogP contribution in [0.25, 0.3) is 11.5 Å². The Labute approximate surface area is 161 Å². The second-order valence-electron chi connectivity index (χ2n) is 6.26. The molecule has 0 aliphatic rings. The lowest BCUT2D eigenvalue weighted by molar-refractivity contribution is -0.118. The number of hydrogen-bond acceptors (Lipinski definition) is 3. The average Bonchev–Trinajstić information content (AvgIpc) is 3.32. The van der Waals surface area contributed by atoms with Crippen molar-refractivity contribution in [3.05, 3.63) is 66.6 Å². The van der Waals surface area contributed by atoms with Crippen LogP contribution in [0.3, 0.4) is 0 Å². The van der Waals surface area contributed by atoms with Gasteiger partial charge in [-0.15, -0.1) is 0 Å². The number of benzene rings is 1. The Morgan fingerprint density at radius 1 is 1.15 bits per heavy atom. The molecule has 0 fully saturated rings. The third-order valence-electron chi connectivity index (χ3n) is 4.13. The van der Waals surface area contributed by atoms with E-state index in [1.807, 2.05) is 64.1 Å². The fraction of sp³-hybridized carbons (Fsp3) is 0.300. The summed E-state index contributed by atoms with van der Waals surface area (Å²) in [6.45, 7) is 2.70. The van der Waals surface area contributed by atoms with Gasteiger partial charge in [-0.2, -0.15) is 5.10 Å². The quantitative estimate of drug-likeness (QED) is 0.577. The Bertz CT molecular complexity index is 888. The number of unbranched alkanes of at least 4 members (excludes halogenated alkanes) is 1. The zero-order chi connectivity index (χ0) is 19.1. The molecule has 1 atom stereocenters. The highest BCUT2D eigenvalue weighted by Gasteiger charge is 2.17. The summed E-state index contributed by atoms with van der Waals surface area (Å²) in [6, 6.07) is 13.7. The lowest BCUT2D eigenvalue weighted by Gasteiger charge is -2.11. The van der Waals surface area contributed by atoms with Gasteiger partial charge in [-0.3, -0.25) is 9.00 Å². The molecule has 0 bridgehead atoms. The van der Waals surface area contributed by atoms with E-state index in [0.717, 1.165) is 29.9 Å². The predicted molar refractivity (Wildman–Crippen MR) is 108 cm³/mol. The second-order valence-corrected chi connectivity index (χ2v) is 7.72. The number of nitrogens with zero attached hydrogens (tertiary/aromatic N) is 3. The summed E-state index contributed by atoms with van der Waals surface area (Å²) in [7, 11) is -1.30. The summed E-state index contributed by atoms with van der Waals surface area (Å²) < 4.78 is 16.3. The van der Waals surface area contributed by atoms with Crippen molar-refractivity contribution < 1.29 is 9.00 Å². The number of nitrogens with one attached hydrogen (secondary N) is 1. The Kier molecular flexibility index (Phi) is 6.59. The minimum atomic E-state index is -1.30. The fourth-order valence-corrected chi connectivity index (χ4v) is 3.86. The van der Waals surface area contributed by atoms with Crippen LogP contribution in [0.4, 0.5) is 0 Å². The van der Waals surface area contributed by atoms with Crippen molar-refractivity contribution in [2.24, 2.45) is 0 Å². The van der Waals surface area contributed by atoms with Crippen LogP contribution in [0.5, 0.6) is 0 Å². The van der Waals surface area contributed by atoms with Crippen LogP contribution < -0.4 is 5.32 Å². The molecular formula is C20H24N4O2S. The van der Waals surface area contributed by atoms with Crippen molar-refractivity contribution in [2.45, 2.75) is 25.5 Å². The van der Waals surface area contributed by atoms with Crippen LogP contribution in [-0.2, 0) is 21.3 Å². The zero-order valence-electron chi connectivity index (χ0n) is 15.4. The lowest BCUT2D eigenvalue weighted by atomic mass is 10.3. The molecule has 1 N–H and O–H groups in total. The number of carbonyl (C=O) groups is 1. The highest BCUT2D eigenvalue weighted by Crippen LogP contribution is 2.21. The number of hydrogen-bond donors (Lipinski definition) is 1. The molecular weight excluding hydrogens is 360 g/mol. The Hall–Kier alpha value is -2.67. The maximum atomic E-state index is 12.5. The molecule has 1 amide bonds. The van der Waals surface area contributed by atoms with Crippen molar-refractivity contribution in [2.75, 3.05) is 12.3 Å². The van der Waals surface area contributed by atoms with Crippen LogP contribution in [-0.4, -0.2) is 36.8 Å². The highest BCUT2D eigenvalue weighted by atomic mass is 32.2. The van der Waals surface area contributed by atoms with Gasteiger partial charge in [0.1, 0.15) is 11.6 Å². The fourth-order valence-electron chi connectivity index (χ4n) is 2.81. The molecule has 27 heavy (non-hydrogen) atoms. The third kappa shape index (κ3) is 4.95. The largest absolute Gasteiger partial charge is 0.355 e. The maximum absolute atomic E-state index is 12.5. The summed E-state index contributed by atoms with van der Waals surface area (Å²) in [4.78, 5) is 11.9. The molecule has 2 heterocycles. The van der Waals surface area contributed by atoms with E-state index in [0.29, 0.717) is 6.54 Å². The first-order chi connectivity index (χ1) is 13.2. The Morgan fingerprint density at radius 2 is 1.89 bits per heavy atom. The molecule has 3 aromatic rings. The Morgan fingerprint density at radius 3 is 2.59 bits per heavy atom. The third-order valence-corrected chi connectivity index (χ3v) is 5.34. The van der Waals surface area contributed by atoms with Gasteiger partial charge in [0.2, 0.25) is 5.91 Å². The van der Waals surface area contributed by atoms with Gasteiger partial charge in [0, 0.05) is 35.3 Å². The highest BCUT2D eigenvalue weighted by molar-refractivity contribution is 7.84. The van der Waals surface area contributed by atoms with Crippen molar-refractivity contribution in [1.82, 2.24) is 19.7 Å². The van der Waals surface area contributed by atoms with Gasteiger partial charge in [0.15, 0.2) is 0 Å². The molecule has 142 valence electrons.